The SMILES string of the molecule is NC(Cc1ccc(C2CC2)c(Br)c1)C(=O)O. The molecule has 0 amide bonds. The highest BCUT2D eigenvalue weighted by Crippen LogP contribution is 2.43. The molecule has 1 aromatic carbocycles. The van der Waals surface area contributed by atoms with Gasteiger partial charge in [-0.05, 0) is 42.4 Å². The fraction of sp³-hybridized carbons (Fsp3) is 0.417. The summed E-state index contributed by atoms with van der Waals surface area (Å²) in [6, 6.07) is 5.21. The smallest absolute Gasteiger partial charge is 0.320 e. The summed E-state index contributed by atoms with van der Waals surface area (Å²) in [6.45, 7) is 0. The monoisotopic (exact) mass is 283 g/mol. The molecule has 0 aliphatic heterocycles. The number of nitrogens with two attached hydrogens (primary N) is 1. The lowest BCUT2D eigenvalue weighted by molar-refractivity contribution is -0.138. The number of carboxylic acids is 1. The molecule has 1 fully saturated rings. The lowest BCUT2D eigenvalue weighted by Gasteiger charge is -2.09. The Morgan fingerprint density at radius 3 is 2.75 bits per heavy atom. The number of hydrogen-bond donors (Lipinski definition) is 2. The molecule has 0 spiro atoms. The molecule has 1 saturated carbocycles. The predicted octanol–water partition coefficient (Wildman–Crippen LogP) is 2.28. The third-order valence-corrected chi connectivity index (χ3v) is 3.54. The Balaban J connectivity index is 2.11. The average Bonchev–Trinajstić information content (AvgIpc) is 3.01. The number of aliphatic carboxylic acids is 1. The summed E-state index contributed by atoms with van der Waals surface area (Å²) in [4.78, 5) is 10.6. The minimum atomic E-state index is -0.956. The number of carboxylic acid groups (broad SMARTS) is 1. The van der Waals surface area contributed by atoms with Crippen LogP contribution in [0.2, 0.25) is 0 Å². The van der Waals surface area contributed by atoms with Crippen molar-refractivity contribution in [3.8, 4) is 0 Å². The molecule has 0 saturated heterocycles. The number of halogens is 1. The van der Waals surface area contributed by atoms with Gasteiger partial charge < -0.3 is 10.8 Å². The van der Waals surface area contributed by atoms with Crippen LogP contribution in [0.4, 0.5) is 0 Å². The highest BCUT2D eigenvalue weighted by molar-refractivity contribution is 9.10. The molecule has 0 bridgehead atoms. The van der Waals surface area contributed by atoms with Crippen LogP contribution in [-0.2, 0) is 11.2 Å². The van der Waals surface area contributed by atoms with E-state index >= 15 is 0 Å². The fourth-order valence-corrected chi connectivity index (χ4v) is 2.51. The van der Waals surface area contributed by atoms with Crippen LogP contribution in [0, 0.1) is 0 Å². The van der Waals surface area contributed by atoms with Gasteiger partial charge in [-0.3, -0.25) is 4.79 Å². The molecule has 0 heterocycles. The number of hydrogen-bond acceptors (Lipinski definition) is 2. The predicted molar refractivity (Wildman–Crippen MR) is 65.4 cm³/mol. The summed E-state index contributed by atoms with van der Waals surface area (Å²) in [5.41, 5.74) is 7.78. The second-order valence-corrected chi connectivity index (χ2v) is 5.13. The summed E-state index contributed by atoms with van der Waals surface area (Å²) >= 11 is 3.53. The summed E-state index contributed by atoms with van der Waals surface area (Å²) in [7, 11) is 0. The first-order valence-electron chi connectivity index (χ1n) is 5.34. The van der Waals surface area contributed by atoms with E-state index in [2.05, 4.69) is 22.0 Å². The minimum absolute atomic E-state index is 0.374. The standard InChI is InChI=1S/C12H14BrNO2/c13-10-5-7(6-11(14)12(15)16)1-4-9(10)8-2-3-8/h1,4-5,8,11H,2-3,6,14H2,(H,15,16). The van der Waals surface area contributed by atoms with Crippen LogP contribution in [0.1, 0.15) is 29.9 Å². The van der Waals surface area contributed by atoms with E-state index < -0.39 is 12.0 Å². The summed E-state index contributed by atoms with van der Waals surface area (Å²) in [5.74, 6) is -0.265. The third kappa shape index (κ3) is 2.62. The van der Waals surface area contributed by atoms with Gasteiger partial charge in [-0.25, -0.2) is 0 Å². The Hall–Kier alpha value is -0.870. The zero-order valence-corrected chi connectivity index (χ0v) is 10.4. The molecule has 1 unspecified atom stereocenters. The van der Waals surface area contributed by atoms with E-state index in [1.54, 1.807) is 0 Å². The van der Waals surface area contributed by atoms with Crippen molar-refractivity contribution in [3.05, 3.63) is 33.8 Å². The molecule has 4 heteroatoms. The Bertz CT molecular complexity index is 415. The van der Waals surface area contributed by atoms with Crippen molar-refractivity contribution in [2.24, 2.45) is 5.73 Å². The van der Waals surface area contributed by atoms with Gasteiger partial charge in [0.1, 0.15) is 6.04 Å². The molecule has 16 heavy (non-hydrogen) atoms. The second-order valence-electron chi connectivity index (χ2n) is 4.28. The van der Waals surface area contributed by atoms with Crippen molar-refractivity contribution >= 4 is 21.9 Å². The first-order valence-corrected chi connectivity index (χ1v) is 6.14. The van der Waals surface area contributed by atoms with Gasteiger partial charge in [-0.1, -0.05) is 28.1 Å². The van der Waals surface area contributed by atoms with E-state index in [1.165, 1.54) is 18.4 Å². The van der Waals surface area contributed by atoms with Gasteiger partial charge in [-0.15, -0.1) is 0 Å². The van der Waals surface area contributed by atoms with Crippen molar-refractivity contribution in [1.82, 2.24) is 0 Å². The lowest BCUT2D eigenvalue weighted by Crippen LogP contribution is -2.32. The minimum Gasteiger partial charge on any atom is -0.480 e. The molecule has 1 aliphatic carbocycles. The molecule has 0 radical (unpaired) electrons. The van der Waals surface area contributed by atoms with Gasteiger partial charge >= 0.3 is 5.97 Å². The van der Waals surface area contributed by atoms with Crippen LogP contribution in [0.5, 0.6) is 0 Å². The van der Waals surface area contributed by atoms with Gasteiger partial charge in [0.25, 0.3) is 0 Å². The first-order chi connectivity index (χ1) is 7.58. The topological polar surface area (TPSA) is 63.3 Å². The molecular weight excluding hydrogens is 270 g/mol. The fourth-order valence-electron chi connectivity index (χ4n) is 1.76. The number of carbonyl (C=O) groups is 1. The quantitative estimate of drug-likeness (QED) is 0.891. The molecule has 3 N–H and O–H groups in total. The zero-order valence-electron chi connectivity index (χ0n) is 8.82. The van der Waals surface area contributed by atoms with Gasteiger partial charge in [0, 0.05) is 4.47 Å². The average molecular weight is 284 g/mol. The Morgan fingerprint density at radius 2 is 2.25 bits per heavy atom. The molecule has 1 aliphatic rings. The molecule has 3 nitrogen and oxygen atoms in total. The van der Waals surface area contributed by atoms with Crippen molar-refractivity contribution in [2.45, 2.75) is 31.2 Å². The number of benzene rings is 1. The van der Waals surface area contributed by atoms with E-state index in [9.17, 15) is 4.79 Å². The van der Waals surface area contributed by atoms with Crippen LogP contribution < -0.4 is 5.73 Å². The Kier molecular flexibility index (Phi) is 3.30. The van der Waals surface area contributed by atoms with Gasteiger partial charge in [-0.2, -0.15) is 0 Å². The van der Waals surface area contributed by atoms with E-state index in [0.29, 0.717) is 12.3 Å². The van der Waals surface area contributed by atoms with E-state index in [-0.39, 0.29) is 0 Å². The van der Waals surface area contributed by atoms with Crippen LogP contribution in [0.25, 0.3) is 0 Å². The van der Waals surface area contributed by atoms with E-state index in [0.717, 1.165) is 10.0 Å². The molecular formula is C12H14BrNO2. The Labute approximate surface area is 103 Å². The van der Waals surface area contributed by atoms with E-state index in [4.69, 9.17) is 10.8 Å². The maximum absolute atomic E-state index is 10.6. The zero-order chi connectivity index (χ0) is 11.7. The third-order valence-electron chi connectivity index (χ3n) is 2.85. The van der Waals surface area contributed by atoms with Crippen LogP contribution in [0.15, 0.2) is 22.7 Å². The summed E-state index contributed by atoms with van der Waals surface area (Å²) in [5, 5.41) is 8.73. The van der Waals surface area contributed by atoms with E-state index in [1.807, 2.05) is 12.1 Å². The van der Waals surface area contributed by atoms with Crippen LogP contribution in [-0.4, -0.2) is 17.1 Å². The van der Waals surface area contributed by atoms with Gasteiger partial charge in [0.2, 0.25) is 0 Å². The number of rotatable bonds is 4. The lowest BCUT2D eigenvalue weighted by atomic mass is 10.0. The molecule has 86 valence electrons. The largest absolute Gasteiger partial charge is 0.480 e. The Morgan fingerprint density at radius 1 is 1.56 bits per heavy atom. The molecule has 1 atom stereocenters. The maximum Gasteiger partial charge on any atom is 0.320 e. The van der Waals surface area contributed by atoms with Gasteiger partial charge in [0.15, 0.2) is 0 Å². The maximum atomic E-state index is 10.6. The van der Waals surface area contributed by atoms with Crippen LogP contribution >= 0.6 is 15.9 Å². The van der Waals surface area contributed by atoms with Crippen LogP contribution in [0.3, 0.4) is 0 Å². The molecule has 2 rings (SSSR count). The van der Waals surface area contributed by atoms with Crippen molar-refractivity contribution in [3.63, 3.8) is 0 Å². The van der Waals surface area contributed by atoms with Crippen molar-refractivity contribution in [2.75, 3.05) is 0 Å². The normalized spacial score (nSPS) is 17.1. The summed E-state index contributed by atoms with van der Waals surface area (Å²) in [6.07, 6.45) is 2.89. The highest BCUT2D eigenvalue weighted by atomic mass is 79.9. The summed E-state index contributed by atoms with van der Waals surface area (Å²) < 4.78 is 1.07. The highest BCUT2D eigenvalue weighted by Gasteiger charge is 2.25. The second kappa shape index (κ2) is 4.55. The molecule has 1 aromatic rings. The first kappa shape index (κ1) is 11.6. The van der Waals surface area contributed by atoms with Crippen molar-refractivity contribution in [1.29, 1.82) is 0 Å². The van der Waals surface area contributed by atoms with Crippen molar-refractivity contribution < 1.29 is 9.90 Å². The molecule has 0 aromatic heterocycles. The van der Waals surface area contributed by atoms with Gasteiger partial charge in [0.05, 0.1) is 0 Å².